The zero-order chi connectivity index (χ0) is 28.7. The monoisotopic (exact) mass is 568 g/mol. The summed E-state index contributed by atoms with van der Waals surface area (Å²) in [5.74, 6) is 0.668. The summed E-state index contributed by atoms with van der Waals surface area (Å²) >= 11 is 1.23. The van der Waals surface area contributed by atoms with E-state index in [-0.39, 0.29) is 29.9 Å². The van der Waals surface area contributed by atoms with Gasteiger partial charge in [-0.2, -0.15) is 0 Å². The number of nitrogens with zero attached hydrogens (tertiary/aromatic N) is 3. The largest absolute Gasteiger partial charge is 0.456 e. The number of hydrogen-bond donors (Lipinski definition) is 3. The number of carbonyl (C=O) groups is 3. The lowest BCUT2D eigenvalue weighted by molar-refractivity contribution is -0.117. The van der Waals surface area contributed by atoms with Crippen molar-refractivity contribution in [1.29, 1.82) is 0 Å². The highest BCUT2D eigenvalue weighted by molar-refractivity contribution is 7.21. The third-order valence-electron chi connectivity index (χ3n) is 7.33. The Kier molecular flexibility index (Phi) is 6.88. The van der Waals surface area contributed by atoms with Gasteiger partial charge in [-0.15, -0.1) is 11.3 Å². The smallest absolute Gasteiger partial charge is 0.331 e. The molecule has 1 aliphatic heterocycles. The molecule has 11 heteroatoms. The maximum absolute atomic E-state index is 13.6. The fourth-order valence-corrected chi connectivity index (χ4v) is 6.38. The summed E-state index contributed by atoms with van der Waals surface area (Å²) in [7, 11) is 0. The van der Waals surface area contributed by atoms with E-state index in [0.717, 1.165) is 30.5 Å². The number of benzene rings is 1. The Morgan fingerprint density at radius 2 is 1.85 bits per heavy atom. The Morgan fingerprint density at radius 1 is 1.07 bits per heavy atom. The molecule has 2 atom stereocenters. The summed E-state index contributed by atoms with van der Waals surface area (Å²) in [5.41, 5.74) is 3.49. The van der Waals surface area contributed by atoms with Gasteiger partial charge >= 0.3 is 6.03 Å². The van der Waals surface area contributed by atoms with Gasteiger partial charge in [0.25, 0.3) is 5.91 Å². The van der Waals surface area contributed by atoms with Gasteiger partial charge in [0.15, 0.2) is 0 Å². The number of ether oxygens (including phenoxy) is 1. The van der Waals surface area contributed by atoms with Gasteiger partial charge in [-0.1, -0.05) is 6.58 Å². The fraction of sp³-hybridized carbons (Fsp3) is 0.233. The lowest BCUT2D eigenvalue weighted by Crippen LogP contribution is -2.48. The number of urea groups is 1. The second-order valence-electron chi connectivity index (χ2n) is 10.1. The molecule has 41 heavy (non-hydrogen) atoms. The molecule has 4 amide bonds. The van der Waals surface area contributed by atoms with Crippen LogP contribution in [0.2, 0.25) is 0 Å². The zero-order valence-electron chi connectivity index (χ0n) is 22.6. The second kappa shape index (κ2) is 10.7. The van der Waals surface area contributed by atoms with Crippen molar-refractivity contribution in [3.8, 4) is 11.5 Å². The number of aromatic nitrogens is 2. The Labute approximate surface area is 240 Å². The maximum atomic E-state index is 13.6. The molecule has 3 aromatic heterocycles. The van der Waals surface area contributed by atoms with E-state index in [1.807, 2.05) is 38.1 Å². The van der Waals surface area contributed by atoms with Crippen molar-refractivity contribution in [3.63, 3.8) is 0 Å². The molecule has 0 saturated heterocycles. The minimum atomic E-state index is -0.381. The molecule has 2 aliphatic rings. The molecule has 0 spiro atoms. The van der Waals surface area contributed by atoms with Gasteiger partial charge < -0.3 is 20.7 Å². The lowest BCUT2D eigenvalue weighted by atomic mass is 10.1. The molecule has 4 aromatic rings. The number of aryl methyl sites for hydroxylation is 2. The van der Waals surface area contributed by atoms with Crippen LogP contribution in [0.25, 0.3) is 10.2 Å². The van der Waals surface area contributed by atoms with Crippen LogP contribution in [0.5, 0.6) is 11.5 Å². The number of rotatable bonds is 7. The predicted molar refractivity (Wildman–Crippen MR) is 158 cm³/mol. The van der Waals surface area contributed by atoms with E-state index >= 15 is 0 Å². The standard InChI is InChI=1S/C30H28N6O4S/c1-4-24(37)33-20-6-5-7-21(20)34-28(38)27-26-25-23(12-13-31-29(25)41-27)36(30(39)35-26)22-11-10-18(14-16(22)2)40-19-9-8-17(3)32-15-19/h4,8-15,20-21H,1,5-7H2,2-3H3,(H,33,37)(H,34,38)(H,35,39)/t20-,21+/m0/s1. The Morgan fingerprint density at radius 3 is 2.59 bits per heavy atom. The molecule has 0 bridgehead atoms. The first-order valence-corrected chi connectivity index (χ1v) is 14.1. The molecule has 1 saturated carbocycles. The lowest BCUT2D eigenvalue weighted by Gasteiger charge is -2.29. The minimum Gasteiger partial charge on any atom is -0.456 e. The van der Waals surface area contributed by atoms with E-state index in [4.69, 9.17) is 4.74 Å². The Balaban J connectivity index is 1.29. The van der Waals surface area contributed by atoms with Crippen molar-refractivity contribution >= 4 is 56.5 Å². The van der Waals surface area contributed by atoms with E-state index in [9.17, 15) is 14.4 Å². The van der Waals surface area contributed by atoms with Gasteiger partial charge in [0, 0.05) is 24.0 Å². The van der Waals surface area contributed by atoms with Crippen molar-refractivity contribution in [2.24, 2.45) is 0 Å². The molecule has 0 unspecified atom stereocenters. The van der Waals surface area contributed by atoms with E-state index in [0.29, 0.717) is 43.7 Å². The zero-order valence-corrected chi connectivity index (χ0v) is 23.4. The SMILES string of the molecule is C=CC(=O)N[C@H]1CCC[C@H]1NC(=O)c1sc2nccc3c2c1NC(=O)N3c1ccc(Oc2ccc(C)nc2)cc1C. The average Bonchev–Trinajstić information content (AvgIpc) is 3.55. The summed E-state index contributed by atoms with van der Waals surface area (Å²) < 4.78 is 5.95. The van der Waals surface area contributed by atoms with Crippen LogP contribution in [0.3, 0.4) is 0 Å². The Bertz CT molecular complexity index is 1700. The quantitative estimate of drug-likeness (QED) is 0.244. The molecule has 1 fully saturated rings. The van der Waals surface area contributed by atoms with Crippen LogP contribution in [0.1, 0.15) is 40.2 Å². The summed E-state index contributed by atoms with van der Waals surface area (Å²) in [6.07, 6.45) is 6.93. The molecule has 4 heterocycles. The van der Waals surface area contributed by atoms with Crippen molar-refractivity contribution in [2.75, 3.05) is 10.2 Å². The number of hydrogen-bond acceptors (Lipinski definition) is 7. The van der Waals surface area contributed by atoms with Gasteiger partial charge in [0.2, 0.25) is 5.91 Å². The summed E-state index contributed by atoms with van der Waals surface area (Å²) in [5, 5.41) is 9.60. The van der Waals surface area contributed by atoms with Crippen molar-refractivity contribution in [3.05, 3.63) is 77.6 Å². The summed E-state index contributed by atoms with van der Waals surface area (Å²) in [4.78, 5) is 50.2. The number of nitrogens with one attached hydrogen (secondary N) is 3. The first kappa shape index (κ1) is 26.5. The van der Waals surface area contributed by atoms with Crippen LogP contribution in [0, 0.1) is 13.8 Å². The molecule has 1 aliphatic carbocycles. The van der Waals surface area contributed by atoms with Gasteiger partial charge in [-0.25, -0.2) is 9.78 Å². The van der Waals surface area contributed by atoms with Gasteiger partial charge in [-0.3, -0.25) is 19.5 Å². The molecule has 1 aromatic carbocycles. The first-order valence-electron chi connectivity index (χ1n) is 13.3. The third kappa shape index (κ3) is 5.00. The molecule has 0 radical (unpaired) electrons. The van der Waals surface area contributed by atoms with E-state index in [1.54, 1.807) is 29.4 Å². The molecule has 3 N–H and O–H groups in total. The topological polar surface area (TPSA) is 126 Å². The average molecular weight is 569 g/mol. The van der Waals surface area contributed by atoms with Crippen LogP contribution < -0.4 is 25.6 Å². The molecule has 6 rings (SSSR count). The normalized spacial score (nSPS) is 17.7. The second-order valence-corrected chi connectivity index (χ2v) is 11.1. The fourth-order valence-electron chi connectivity index (χ4n) is 5.36. The number of amides is 4. The van der Waals surface area contributed by atoms with Gasteiger partial charge in [0.05, 0.1) is 28.6 Å². The molecule has 10 nitrogen and oxygen atoms in total. The van der Waals surface area contributed by atoms with Crippen LogP contribution in [-0.2, 0) is 4.79 Å². The number of anilines is 3. The highest BCUT2D eigenvalue weighted by atomic mass is 32.1. The van der Waals surface area contributed by atoms with E-state index in [1.165, 1.54) is 17.4 Å². The molecular formula is C30H28N6O4S. The van der Waals surface area contributed by atoms with Crippen molar-refractivity contribution in [2.45, 2.75) is 45.2 Å². The van der Waals surface area contributed by atoms with Crippen molar-refractivity contribution in [1.82, 2.24) is 20.6 Å². The maximum Gasteiger partial charge on any atom is 0.331 e. The van der Waals surface area contributed by atoms with E-state index < -0.39 is 0 Å². The highest BCUT2D eigenvalue weighted by Crippen LogP contribution is 2.46. The van der Waals surface area contributed by atoms with Gasteiger partial charge in [0.1, 0.15) is 21.2 Å². The van der Waals surface area contributed by atoms with Crippen LogP contribution in [0.4, 0.5) is 21.9 Å². The van der Waals surface area contributed by atoms with E-state index in [2.05, 4.69) is 32.5 Å². The Hall–Kier alpha value is -4.77. The van der Waals surface area contributed by atoms with Crippen molar-refractivity contribution < 1.29 is 19.1 Å². The summed E-state index contributed by atoms with van der Waals surface area (Å²) in [6.45, 7) is 7.32. The molecular weight excluding hydrogens is 540 g/mol. The minimum absolute atomic E-state index is 0.175. The number of pyridine rings is 2. The number of thiophene rings is 1. The summed E-state index contributed by atoms with van der Waals surface area (Å²) in [6, 6.07) is 10.2. The van der Waals surface area contributed by atoms with Crippen LogP contribution in [-0.4, -0.2) is 39.9 Å². The van der Waals surface area contributed by atoms with Crippen LogP contribution in [0.15, 0.2) is 61.4 Å². The predicted octanol–water partition coefficient (Wildman–Crippen LogP) is 5.74. The first-order chi connectivity index (χ1) is 19.8. The van der Waals surface area contributed by atoms with Gasteiger partial charge in [-0.05, 0) is 81.1 Å². The highest BCUT2D eigenvalue weighted by Gasteiger charge is 2.35. The molecule has 208 valence electrons. The third-order valence-corrected chi connectivity index (χ3v) is 8.42. The van der Waals surface area contributed by atoms with Crippen LogP contribution >= 0.6 is 11.3 Å². The number of carbonyl (C=O) groups excluding carboxylic acids is 3.